The Labute approximate surface area is 134 Å². The molecule has 2 aromatic rings. The number of carbonyl (C=O) groups excluding carboxylic acids is 1. The van der Waals surface area contributed by atoms with Gasteiger partial charge in [-0.05, 0) is 19.1 Å². The van der Waals surface area contributed by atoms with Crippen LogP contribution in [0.4, 0.5) is 5.82 Å². The summed E-state index contributed by atoms with van der Waals surface area (Å²) in [6.45, 7) is 4.60. The number of hydrogen-bond donors (Lipinski definition) is 0. The number of hydrogen-bond acceptors (Lipinski definition) is 3. The van der Waals surface area contributed by atoms with E-state index in [9.17, 15) is 4.79 Å². The molecule has 0 radical (unpaired) electrons. The quantitative estimate of drug-likeness (QED) is 0.812. The Bertz CT molecular complexity index is 778. The zero-order valence-corrected chi connectivity index (χ0v) is 13.6. The molecule has 0 saturated carbocycles. The number of amides is 1. The Balaban J connectivity index is 2.23. The number of benzene rings is 1. The van der Waals surface area contributed by atoms with Gasteiger partial charge in [-0.1, -0.05) is 23.7 Å². The molecule has 0 aliphatic carbocycles. The van der Waals surface area contributed by atoms with E-state index in [-0.39, 0.29) is 5.91 Å². The molecule has 1 aliphatic heterocycles. The van der Waals surface area contributed by atoms with Gasteiger partial charge >= 0.3 is 0 Å². The Hall–Kier alpha value is -2.14. The average Bonchev–Trinajstić information content (AvgIpc) is 2.65. The number of anilines is 1. The topological polar surface area (TPSA) is 50.5 Å². The number of nitrogens with zero attached hydrogens (tertiary/aromatic N) is 4. The van der Waals surface area contributed by atoms with Crippen molar-refractivity contribution in [3.63, 3.8) is 0 Å². The van der Waals surface area contributed by atoms with Crippen LogP contribution in [0.3, 0.4) is 0 Å². The number of aryl methyl sites for hydroxylation is 2. The van der Waals surface area contributed by atoms with E-state index in [2.05, 4.69) is 5.10 Å². The van der Waals surface area contributed by atoms with Crippen molar-refractivity contribution in [2.75, 3.05) is 18.0 Å². The van der Waals surface area contributed by atoms with Crippen molar-refractivity contribution in [3.8, 4) is 0 Å². The molecule has 0 spiro atoms. The lowest BCUT2D eigenvalue weighted by Gasteiger charge is -2.19. The zero-order valence-electron chi connectivity index (χ0n) is 12.8. The van der Waals surface area contributed by atoms with Crippen LogP contribution in [0.2, 0.25) is 5.02 Å². The van der Waals surface area contributed by atoms with Gasteiger partial charge in [0.1, 0.15) is 5.82 Å². The summed E-state index contributed by atoms with van der Waals surface area (Å²) >= 11 is 6.12. The van der Waals surface area contributed by atoms with Crippen molar-refractivity contribution in [2.24, 2.45) is 12.0 Å². The fourth-order valence-corrected chi connectivity index (χ4v) is 3.05. The number of rotatable bonds is 1. The molecule has 22 heavy (non-hydrogen) atoms. The Morgan fingerprint density at radius 3 is 2.82 bits per heavy atom. The minimum absolute atomic E-state index is 0.00760. The summed E-state index contributed by atoms with van der Waals surface area (Å²) < 4.78 is 1.75. The molecule has 1 aromatic heterocycles. The third-order valence-corrected chi connectivity index (χ3v) is 3.99. The lowest BCUT2D eigenvalue weighted by atomic mass is 10.0. The van der Waals surface area contributed by atoms with E-state index in [1.54, 1.807) is 16.5 Å². The first-order valence-corrected chi connectivity index (χ1v) is 7.49. The van der Waals surface area contributed by atoms with Gasteiger partial charge in [0.2, 0.25) is 5.91 Å². The van der Waals surface area contributed by atoms with Gasteiger partial charge in [-0.2, -0.15) is 5.10 Å². The average molecular weight is 317 g/mol. The van der Waals surface area contributed by atoms with Crippen LogP contribution < -0.4 is 4.90 Å². The van der Waals surface area contributed by atoms with E-state index in [0.29, 0.717) is 18.1 Å². The van der Waals surface area contributed by atoms with E-state index in [1.165, 1.54) is 0 Å². The Morgan fingerprint density at radius 1 is 1.36 bits per heavy atom. The highest BCUT2D eigenvalue weighted by molar-refractivity contribution is 6.31. The molecule has 0 bridgehead atoms. The molecule has 0 N–H and O–H groups in total. The number of fused-ring (bicyclic) bond motifs is 1. The summed E-state index contributed by atoms with van der Waals surface area (Å²) in [5.74, 6) is 0.785. The van der Waals surface area contributed by atoms with Crippen molar-refractivity contribution in [1.29, 1.82) is 0 Å². The molecule has 5 nitrogen and oxygen atoms in total. The first-order valence-electron chi connectivity index (χ1n) is 7.11. The third kappa shape index (κ3) is 2.41. The van der Waals surface area contributed by atoms with Crippen LogP contribution in [0.25, 0.3) is 0 Å². The van der Waals surface area contributed by atoms with Gasteiger partial charge < -0.3 is 0 Å². The minimum atomic E-state index is -0.00760. The van der Waals surface area contributed by atoms with Gasteiger partial charge in [-0.3, -0.25) is 19.4 Å². The molecule has 0 unspecified atom stereocenters. The fourth-order valence-electron chi connectivity index (χ4n) is 2.86. The highest BCUT2D eigenvalue weighted by atomic mass is 35.5. The van der Waals surface area contributed by atoms with Crippen molar-refractivity contribution in [3.05, 3.63) is 46.1 Å². The van der Waals surface area contributed by atoms with E-state index in [0.717, 1.165) is 28.4 Å². The smallest absolute Gasteiger partial charge is 0.225 e. The molecule has 2 heterocycles. The highest BCUT2D eigenvalue weighted by Gasteiger charge is 2.28. The predicted octanol–water partition coefficient (Wildman–Crippen LogP) is 2.59. The van der Waals surface area contributed by atoms with Crippen LogP contribution in [-0.4, -0.2) is 34.5 Å². The van der Waals surface area contributed by atoms with Crippen molar-refractivity contribution in [1.82, 2.24) is 9.78 Å². The first kappa shape index (κ1) is 14.8. The van der Waals surface area contributed by atoms with Crippen LogP contribution in [-0.2, 0) is 11.8 Å². The maximum Gasteiger partial charge on any atom is 0.225 e. The van der Waals surface area contributed by atoms with Crippen molar-refractivity contribution in [2.45, 2.75) is 13.8 Å². The van der Waals surface area contributed by atoms with Crippen LogP contribution in [0.15, 0.2) is 29.3 Å². The SMILES string of the molecule is CC(=O)N1CCN=C(c2cccc(Cl)c2)c2c(C)nn(C)c21. The standard InChI is InChI=1S/C16H17ClN4O/c1-10-14-15(12-5-4-6-13(17)9-12)18-7-8-21(11(2)22)16(14)20(3)19-10/h4-6,9H,7-8H2,1-3H3. The van der Waals surface area contributed by atoms with Crippen LogP contribution in [0.1, 0.15) is 23.7 Å². The molecule has 0 atom stereocenters. The number of halogens is 1. The Morgan fingerprint density at radius 2 is 2.14 bits per heavy atom. The summed E-state index contributed by atoms with van der Waals surface area (Å²) in [5.41, 5.74) is 3.53. The summed E-state index contributed by atoms with van der Waals surface area (Å²) in [6.07, 6.45) is 0. The first-order chi connectivity index (χ1) is 10.5. The van der Waals surface area contributed by atoms with E-state index in [4.69, 9.17) is 16.6 Å². The van der Waals surface area contributed by atoms with Gasteiger partial charge in [-0.15, -0.1) is 0 Å². The maximum atomic E-state index is 12.0. The van der Waals surface area contributed by atoms with Crippen LogP contribution in [0, 0.1) is 6.92 Å². The molecular formula is C16H17ClN4O. The summed E-state index contributed by atoms with van der Waals surface area (Å²) in [4.78, 5) is 18.4. The fraction of sp³-hybridized carbons (Fsp3) is 0.312. The number of aliphatic imine (C=N–C) groups is 1. The van der Waals surface area contributed by atoms with Gasteiger partial charge in [0.25, 0.3) is 0 Å². The van der Waals surface area contributed by atoms with Crippen LogP contribution in [0.5, 0.6) is 0 Å². The van der Waals surface area contributed by atoms with Gasteiger partial charge in [0.15, 0.2) is 0 Å². The highest BCUT2D eigenvalue weighted by Crippen LogP contribution is 2.29. The molecule has 1 aromatic carbocycles. The predicted molar refractivity (Wildman–Crippen MR) is 87.9 cm³/mol. The molecule has 6 heteroatoms. The molecule has 0 fully saturated rings. The zero-order chi connectivity index (χ0) is 15.9. The van der Waals surface area contributed by atoms with E-state index < -0.39 is 0 Å². The summed E-state index contributed by atoms with van der Waals surface area (Å²) in [6, 6.07) is 7.60. The van der Waals surface area contributed by atoms with Crippen molar-refractivity contribution >= 4 is 29.0 Å². The van der Waals surface area contributed by atoms with Gasteiger partial charge in [0.05, 0.1) is 23.5 Å². The van der Waals surface area contributed by atoms with Gasteiger partial charge in [-0.25, -0.2) is 0 Å². The van der Waals surface area contributed by atoms with E-state index >= 15 is 0 Å². The molecule has 3 rings (SSSR count). The monoisotopic (exact) mass is 316 g/mol. The molecule has 1 aliphatic rings. The van der Waals surface area contributed by atoms with Crippen LogP contribution >= 0.6 is 11.6 Å². The van der Waals surface area contributed by atoms with Gasteiger partial charge in [0, 0.05) is 31.1 Å². The lowest BCUT2D eigenvalue weighted by molar-refractivity contribution is -0.116. The van der Waals surface area contributed by atoms with E-state index in [1.807, 2.05) is 38.2 Å². The summed E-state index contributed by atoms with van der Waals surface area (Å²) in [7, 11) is 1.85. The number of carbonyl (C=O) groups is 1. The maximum absolute atomic E-state index is 12.0. The normalized spacial score (nSPS) is 14.4. The largest absolute Gasteiger partial charge is 0.295 e. The molecular weight excluding hydrogens is 300 g/mol. The second-order valence-corrected chi connectivity index (χ2v) is 5.76. The Kier molecular flexibility index (Phi) is 3.74. The summed E-state index contributed by atoms with van der Waals surface area (Å²) in [5, 5.41) is 5.14. The number of aromatic nitrogens is 2. The molecule has 114 valence electrons. The van der Waals surface area contributed by atoms with Crippen molar-refractivity contribution < 1.29 is 4.79 Å². The minimum Gasteiger partial charge on any atom is -0.295 e. The second kappa shape index (κ2) is 5.57. The second-order valence-electron chi connectivity index (χ2n) is 5.32. The lowest BCUT2D eigenvalue weighted by Crippen LogP contribution is -2.32. The molecule has 1 amide bonds. The molecule has 0 saturated heterocycles. The third-order valence-electron chi connectivity index (χ3n) is 3.76.